The van der Waals surface area contributed by atoms with Crippen LogP contribution in [0.2, 0.25) is 0 Å². The predicted octanol–water partition coefficient (Wildman–Crippen LogP) is 3.16. The van der Waals surface area contributed by atoms with Crippen LogP contribution in [0.5, 0.6) is 0 Å². The summed E-state index contributed by atoms with van der Waals surface area (Å²) in [5, 5.41) is 8.94. The van der Waals surface area contributed by atoms with Gasteiger partial charge in [0.15, 0.2) is 0 Å². The molecule has 0 aliphatic carbocycles. The first kappa shape index (κ1) is 10.8. The average molecular weight is 211 g/mol. The Morgan fingerprint density at radius 3 is 2.79 bits per heavy atom. The highest BCUT2D eigenvalue weighted by Gasteiger charge is 2.09. The van der Waals surface area contributed by atoms with Crippen LogP contribution >= 0.6 is 11.6 Å². The van der Waals surface area contributed by atoms with E-state index < -0.39 is 5.97 Å². The lowest BCUT2D eigenvalue weighted by molar-refractivity contribution is 0.0696. The lowest BCUT2D eigenvalue weighted by Gasteiger charge is -2.06. The third-order valence-electron chi connectivity index (χ3n) is 2.04. The van der Waals surface area contributed by atoms with E-state index in [9.17, 15) is 4.79 Å². The molecule has 2 nitrogen and oxygen atoms in total. The molecule has 1 aromatic carbocycles. The second kappa shape index (κ2) is 4.82. The maximum Gasteiger partial charge on any atom is 0.336 e. The van der Waals surface area contributed by atoms with E-state index in [1.165, 1.54) is 5.54 Å². The second-order valence-corrected chi connectivity index (χ2v) is 3.08. The van der Waals surface area contributed by atoms with Crippen molar-refractivity contribution in [1.82, 2.24) is 0 Å². The molecule has 0 unspecified atom stereocenters. The molecule has 0 saturated heterocycles. The normalized spacial score (nSPS) is 10.7. The summed E-state index contributed by atoms with van der Waals surface area (Å²) in [5.74, 6) is -0.926. The van der Waals surface area contributed by atoms with Crippen molar-refractivity contribution in [3.63, 3.8) is 0 Å². The van der Waals surface area contributed by atoms with E-state index in [1.54, 1.807) is 18.2 Å². The first-order chi connectivity index (χ1) is 6.70. The van der Waals surface area contributed by atoms with Gasteiger partial charge in [-0.1, -0.05) is 30.7 Å². The van der Waals surface area contributed by atoms with Crippen molar-refractivity contribution in [2.45, 2.75) is 13.3 Å². The molecule has 0 heterocycles. The van der Waals surface area contributed by atoms with E-state index in [1.807, 2.05) is 13.0 Å². The molecule has 0 bridgehead atoms. The van der Waals surface area contributed by atoms with Gasteiger partial charge in [0.25, 0.3) is 0 Å². The number of rotatable bonds is 3. The minimum absolute atomic E-state index is 0.293. The Labute approximate surface area is 87.8 Å². The number of aryl methyl sites for hydroxylation is 1. The molecule has 0 atom stereocenters. The molecule has 3 heteroatoms. The zero-order valence-electron chi connectivity index (χ0n) is 7.83. The maximum atomic E-state index is 10.9. The van der Waals surface area contributed by atoms with Gasteiger partial charge in [-0.3, -0.25) is 0 Å². The molecule has 0 fully saturated rings. The van der Waals surface area contributed by atoms with Crippen molar-refractivity contribution >= 4 is 23.6 Å². The molecule has 74 valence electrons. The van der Waals surface area contributed by atoms with Gasteiger partial charge in [0.1, 0.15) is 0 Å². The van der Waals surface area contributed by atoms with Gasteiger partial charge in [-0.05, 0) is 29.7 Å². The number of carboxylic acids is 1. The Hall–Kier alpha value is -1.28. The molecular weight excluding hydrogens is 200 g/mol. The van der Waals surface area contributed by atoms with Crippen LogP contribution in [0, 0.1) is 0 Å². The summed E-state index contributed by atoms with van der Waals surface area (Å²) < 4.78 is 0. The molecule has 1 aromatic rings. The number of carboxylic acid groups (broad SMARTS) is 1. The molecule has 14 heavy (non-hydrogen) atoms. The quantitative estimate of drug-likeness (QED) is 0.832. The van der Waals surface area contributed by atoms with Gasteiger partial charge in [0.05, 0.1) is 5.56 Å². The van der Waals surface area contributed by atoms with E-state index >= 15 is 0 Å². The molecule has 1 rings (SSSR count). The summed E-state index contributed by atoms with van der Waals surface area (Å²) in [5.41, 5.74) is 3.31. The number of aromatic carboxylic acids is 1. The fourth-order valence-electron chi connectivity index (χ4n) is 1.37. The average Bonchev–Trinajstić information content (AvgIpc) is 2.18. The zero-order valence-corrected chi connectivity index (χ0v) is 8.58. The minimum Gasteiger partial charge on any atom is -0.478 e. The van der Waals surface area contributed by atoms with Crippen LogP contribution in [0.3, 0.4) is 0 Å². The number of halogens is 1. The van der Waals surface area contributed by atoms with E-state index in [0.29, 0.717) is 11.1 Å². The first-order valence-electron chi connectivity index (χ1n) is 4.32. The van der Waals surface area contributed by atoms with Crippen LogP contribution < -0.4 is 0 Å². The second-order valence-electron chi connectivity index (χ2n) is 2.83. The van der Waals surface area contributed by atoms with Crippen LogP contribution in [0.25, 0.3) is 6.08 Å². The topological polar surface area (TPSA) is 37.3 Å². The fourth-order valence-corrected chi connectivity index (χ4v) is 1.49. The molecular formula is C11H11ClO2. The summed E-state index contributed by atoms with van der Waals surface area (Å²) >= 11 is 5.47. The van der Waals surface area contributed by atoms with Crippen LogP contribution in [0.4, 0.5) is 0 Å². The van der Waals surface area contributed by atoms with Gasteiger partial charge in [0.2, 0.25) is 0 Å². The molecule has 0 aliphatic rings. The Morgan fingerprint density at radius 2 is 2.29 bits per heavy atom. The number of carbonyl (C=O) groups is 1. The molecule has 0 amide bonds. The van der Waals surface area contributed by atoms with E-state index in [0.717, 1.165) is 12.0 Å². The van der Waals surface area contributed by atoms with Crippen molar-refractivity contribution < 1.29 is 9.90 Å². The van der Waals surface area contributed by atoms with Crippen LogP contribution in [-0.2, 0) is 6.42 Å². The molecule has 0 aromatic heterocycles. The van der Waals surface area contributed by atoms with Gasteiger partial charge in [-0.15, -0.1) is 0 Å². The van der Waals surface area contributed by atoms with Crippen molar-refractivity contribution in [1.29, 1.82) is 0 Å². The highest BCUT2D eigenvalue weighted by Crippen LogP contribution is 2.18. The standard InChI is InChI=1S/C11H11ClO2/c1-2-8-4-3-5-10(11(13)14)9(8)6-7-12/h3-7H,2H2,1H3,(H,13,14). The van der Waals surface area contributed by atoms with Gasteiger partial charge in [0, 0.05) is 5.54 Å². The minimum atomic E-state index is -0.926. The Bertz CT molecular complexity index is 370. The van der Waals surface area contributed by atoms with E-state index in [4.69, 9.17) is 16.7 Å². The predicted molar refractivity (Wildman–Crippen MR) is 57.7 cm³/mol. The van der Waals surface area contributed by atoms with E-state index in [-0.39, 0.29) is 0 Å². The third-order valence-corrected chi connectivity index (χ3v) is 2.16. The number of benzene rings is 1. The van der Waals surface area contributed by atoms with Gasteiger partial charge < -0.3 is 5.11 Å². The zero-order chi connectivity index (χ0) is 10.6. The highest BCUT2D eigenvalue weighted by atomic mass is 35.5. The SMILES string of the molecule is CCc1cccc(C(=O)O)c1C=CCl. The maximum absolute atomic E-state index is 10.9. The molecule has 0 spiro atoms. The Morgan fingerprint density at radius 1 is 1.57 bits per heavy atom. The summed E-state index contributed by atoms with van der Waals surface area (Å²) in [7, 11) is 0. The lowest BCUT2D eigenvalue weighted by atomic mass is 9.99. The van der Waals surface area contributed by atoms with Gasteiger partial charge >= 0.3 is 5.97 Å². The smallest absolute Gasteiger partial charge is 0.336 e. The lowest BCUT2D eigenvalue weighted by Crippen LogP contribution is -2.01. The van der Waals surface area contributed by atoms with Crippen molar-refractivity contribution in [2.24, 2.45) is 0 Å². The number of hydrogen-bond donors (Lipinski definition) is 1. The van der Waals surface area contributed by atoms with Crippen LogP contribution in [0.1, 0.15) is 28.4 Å². The summed E-state index contributed by atoms with van der Waals surface area (Å²) in [6.07, 6.45) is 2.40. The van der Waals surface area contributed by atoms with Crippen LogP contribution in [0.15, 0.2) is 23.7 Å². The first-order valence-corrected chi connectivity index (χ1v) is 4.76. The van der Waals surface area contributed by atoms with Crippen molar-refractivity contribution in [3.05, 3.63) is 40.4 Å². The highest BCUT2D eigenvalue weighted by molar-refractivity contribution is 6.27. The molecule has 1 N–H and O–H groups in total. The molecule has 0 saturated carbocycles. The van der Waals surface area contributed by atoms with Crippen LogP contribution in [-0.4, -0.2) is 11.1 Å². The van der Waals surface area contributed by atoms with Crippen molar-refractivity contribution in [2.75, 3.05) is 0 Å². The van der Waals surface area contributed by atoms with Crippen molar-refractivity contribution in [3.8, 4) is 0 Å². The summed E-state index contributed by atoms with van der Waals surface area (Å²) in [6.45, 7) is 1.98. The third kappa shape index (κ3) is 2.15. The van der Waals surface area contributed by atoms with E-state index in [2.05, 4.69) is 0 Å². The molecule has 0 aliphatic heterocycles. The Balaban J connectivity index is 3.35. The number of hydrogen-bond acceptors (Lipinski definition) is 1. The summed E-state index contributed by atoms with van der Waals surface area (Å²) in [4.78, 5) is 10.9. The summed E-state index contributed by atoms with van der Waals surface area (Å²) in [6, 6.07) is 5.22. The van der Waals surface area contributed by atoms with Gasteiger partial charge in [-0.2, -0.15) is 0 Å². The monoisotopic (exact) mass is 210 g/mol. The van der Waals surface area contributed by atoms with Gasteiger partial charge in [-0.25, -0.2) is 4.79 Å². The fraction of sp³-hybridized carbons (Fsp3) is 0.182. The Kier molecular flexibility index (Phi) is 3.72. The molecule has 0 radical (unpaired) electrons. The largest absolute Gasteiger partial charge is 0.478 e.